The van der Waals surface area contributed by atoms with Crippen LogP contribution in [-0.4, -0.2) is 11.0 Å². The van der Waals surface area contributed by atoms with Gasteiger partial charge in [-0.3, -0.25) is 4.79 Å². The molecule has 0 aromatic heterocycles. The third kappa shape index (κ3) is 2.73. The third-order valence-electron chi connectivity index (χ3n) is 2.98. The van der Waals surface area contributed by atoms with Crippen LogP contribution < -0.4 is 5.32 Å². The highest BCUT2D eigenvalue weighted by atomic mass is 19.1. The van der Waals surface area contributed by atoms with Crippen LogP contribution in [0, 0.1) is 19.7 Å². The Morgan fingerprint density at radius 1 is 1.21 bits per heavy atom. The minimum Gasteiger partial charge on any atom is -0.508 e. The van der Waals surface area contributed by atoms with Crippen molar-refractivity contribution >= 4 is 11.6 Å². The second-order valence-electron chi connectivity index (χ2n) is 4.37. The monoisotopic (exact) mass is 259 g/mol. The number of anilines is 1. The number of carbonyl (C=O) groups excluding carboxylic acids is 1. The van der Waals surface area contributed by atoms with E-state index in [0.29, 0.717) is 22.4 Å². The number of rotatable bonds is 2. The summed E-state index contributed by atoms with van der Waals surface area (Å²) in [6.07, 6.45) is 0. The van der Waals surface area contributed by atoms with Gasteiger partial charge in [0.15, 0.2) is 0 Å². The summed E-state index contributed by atoms with van der Waals surface area (Å²) in [6.45, 7) is 3.31. The van der Waals surface area contributed by atoms with Crippen LogP contribution in [0.2, 0.25) is 0 Å². The molecule has 0 saturated carbocycles. The van der Waals surface area contributed by atoms with Crippen LogP contribution in [-0.2, 0) is 0 Å². The van der Waals surface area contributed by atoms with Gasteiger partial charge in [-0.1, -0.05) is 12.1 Å². The molecule has 0 aliphatic heterocycles. The Labute approximate surface area is 110 Å². The zero-order chi connectivity index (χ0) is 14.0. The summed E-state index contributed by atoms with van der Waals surface area (Å²) >= 11 is 0. The van der Waals surface area contributed by atoms with E-state index in [0.717, 1.165) is 0 Å². The maximum absolute atomic E-state index is 13.4. The number of phenolic OH excluding ortho intramolecular Hbond substituents is 1. The van der Waals surface area contributed by atoms with Gasteiger partial charge in [0.1, 0.15) is 11.6 Å². The quantitative estimate of drug-likeness (QED) is 0.868. The summed E-state index contributed by atoms with van der Waals surface area (Å²) in [4.78, 5) is 12.0. The van der Waals surface area contributed by atoms with E-state index >= 15 is 0 Å². The molecule has 0 radical (unpaired) electrons. The zero-order valence-corrected chi connectivity index (χ0v) is 10.7. The smallest absolute Gasteiger partial charge is 0.256 e. The number of aromatic hydroxyl groups is 1. The number of hydrogen-bond donors (Lipinski definition) is 2. The van der Waals surface area contributed by atoms with Gasteiger partial charge in [0.2, 0.25) is 0 Å². The van der Waals surface area contributed by atoms with Crippen molar-refractivity contribution in [3.63, 3.8) is 0 Å². The first-order valence-electron chi connectivity index (χ1n) is 5.85. The topological polar surface area (TPSA) is 49.3 Å². The van der Waals surface area contributed by atoms with Gasteiger partial charge >= 0.3 is 0 Å². The van der Waals surface area contributed by atoms with Gasteiger partial charge in [-0.05, 0) is 43.7 Å². The molecule has 1 amide bonds. The lowest BCUT2D eigenvalue weighted by atomic mass is 10.1. The van der Waals surface area contributed by atoms with E-state index in [1.54, 1.807) is 38.1 Å². The zero-order valence-electron chi connectivity index (χ0n) is 10.7. The SMILES string of the molecule is Cc1ccc(NC(=O)c2cccc(O)c2C)cc1F. The van der Waals surface area contributed by atoms with Crippen molar-refractivity contribution in [2.75, 3.05) is 5.32 Å². The molecule has 2 aromatic carbocycles. The van der Waals surface area contributed by atoms with E-state index in [-0.39, 0.29) is 17.5 Å². The van der Waals surface area contributed by atoms with Gasteiger partial charge in [-0.2, -0.15) is 0 Å². The first kappa shape index (κ1) is 13.1. The molecule has 98 valence electrons. The van der Waals surface area contributed by atoms with E-state index in [4.69, 9.17) is 0 Å². The Morgan fingerprint density at radius 2 is 1.95 bits per heavy atom. The minimum atomic E-state index is -0.378. The maximum atomic E-state index is 13.4. The largest absolute Gasteiger partial charge is 0.508 e. The van der Waals surface area contributed by atoms with Crippen LogP contribution >= 0.6 is 0 Å². The van der Waals surface area contributed by atoms with Gasteiger partial charge in [0, 0.05) is 16.8 Å². The maximum Gasteiger partial charge on any atom is 0.256 e. The number of nitrogens with one attached hydrogen (secondary N) is 1. The highest BCUT2D eigenvalue weighted by Gasteiger charge is 2.12. The summed E-state index contributed by atoms with van der Waals surface area (Å²) < 4.78 is 13.4. The second-order valence-corrected chi connectivity index (χ2v) is 4.37. The van der Waals surface area contributed by atoms with Crippen molar-refractivity contribution in [1.29, 1.82) is 0 Å². The summed E-state index contributed by atoms with van der Waals surface area (Å²) in [6, 6.07) is 9.21. The summed E-state index contributed by atoms with van der Waals surface area (Å²) in [5.74, 6) is -0.690. The van der Waals surface area contributed by atoms with Crippen LogP contribution in [0.15, 0.2) is 36.4 Å². The lowest BCUT2D eigenvalue weighted by Gasteiger charge is -2.09. The van der Waals surface area contributed by atoms with Crippen LogP contribution in [0.4, 0.5) is 10.1 Å². The summed E-state index contributed by atoms with van der Waals surface area (Å²) in [5, 5.41) is 12.2. The molecule has 19 heavy (non-hydrogen) atoms. The molecule has 0 bridgehead atoms. The number of phenols is 1. The average Bonchev–Trinajstić information content (AvgIpc) is 2.37. The predicted molar refractivity (Wildman–Crippen MR) is 71.9 cm³/mol. The predicted octanol–water partition coefficient (Wildman–Crippen LogP) is 3.40. The van der Waals surface area contributed by atoms with Crippen LogP contribution in [0.25, 0.3) is 0 Å². The van der Waals surface area contributed by atoms with Gasteiger partial charge in [-0.25, -0.2) is 4.39 Å². The van der Waals surface area contributed by atoms with E-state index in [2.05, 4.69) is 5.32 Å². The van der Waals surface area contributed by atoms with Crippen molar-refractivity contribution in [2.24, 2.45) is 0 Å². The Morgan fingerprint density at radius 3 is 2.63 bits per heavy atom. The second kappa shape index (κ2) is 5.10. The lowest BCUT2D eigenvalue weighted by Crippen LogP contribution is -2.13. The molecule has 0 unspecified atom stereocenters. The Bertz CT molecular complexity index is 638. The molecule has 3 nitrogen and oxygen atoms in total. The van der Waals surface area contributed by atoms with Gasteiger partial charge in [0.25, 0.3) is 5.91 Å². The number of hydrogen-bond acceptors (Lipinski definition) is 2. The van der Waals surface area contributed by atoms with Crippen molar-refractivity contribution in [3.8, 4) is 5.75 Å². The fourth-order valence-electron chi connectivity index (χ4n) is 1.74. The minimum absolute atomic E-state index is 0.0581. The van der Waals surface area contributed by atoms with E-state index in [9.17, 15) is 14.3 Å². The molecule has 0 atom stereocenters. The van der Waals surface area contributed by atoms with Gasteiger partial charge in [0.05, 0.1) is 0 Å². The molecule has 2 N–H and O–H groups in total. The van der Waals surface area contributed by atoms with E-state index in [1.807, 2.05) is 0 Å². The highest BCUT2D eigenvalue weighted by molar-refractivity contribution is 6.05. The molecule has 0 heterocycles. The van der Waals surface area contributed by atoms with Crippen LogP contribution in [0.3, 0.4) is 0 Å². The molecule has 0 saturated heterocycles. The van der Waals surface area contributed by atoms with Crippen LogP contribution in [0.5, 0.6) is 5.75 Å². The molecule has 0 aliphatic carbocycles. The third-order valence-corrected chi connectivity index (χ3v) is 2.98. The Kier molecular flexibility index (Phi) is 3.51. The number of amides is 1. The fraction of sp³-hybridized carbons (Fsp3) is 0.133. The molecule has 0 fully saturated rings. The average molecular weight is 259 g/mol. The lowest BCUT2D eigenvalue weighted by molar-refractivity contribution is 0.102. The van der Waals surface area contributed by atoms with Crippen molar-refractivity contribution < 1.29 is 14.3 Å². The molecule has 2 rings (SSSR count). The molecule has 2 aromatic rings. The molecule has 4 heteroatoms. The number of halogens is 1. The Hall–Kier alpha value is -2.36. The first-order valence-corrected chi connectivity index (χ1v) is 5.85. The number of carbonyl (C=O) groups is 1. The van der Waals surface area contributed by atoms with Crippen LogP contribution in [0.1, 0.15) is 21.5 Å². The fourth-order valence-corrected chi connectivity index (χ4v) is 1.74. The molecule has 0 spiro atoms. The molecular formula is C15H14FNO2. The highest BCUT2D eigenvalue weighted by Crippen LogP contribution is 2.21. The number of aryl methyl sites for hydroxylation is 1. The van der Waals surface area contributed by atoms with Gasteiger partial charge < -0.3 is 10.4 Å². The standard InChI is InChI=1S/C15H14FNO2/c1-9-6-7-11(8-13(9)16)17-15(19)12-4-3-5-14(18)10(12)2/h3-8,18H,1-2H3,(H,17,19). The van der Waals surface area contributed by atoms with Gasteiger partial charge in [-0.15, -0.1) is 0 Å². The van der Waals surface area contributed by atoms with E-state index in [1.165, 1.54) is 12.1 Å². The Balaban J connectivity index is 2.26. The summed E-state index contributed by atoms with van der Waals surface area (Å²) in [7, 11) is 0. The first-order chi connectivity index (χ1) is 8.99. The number of benzene rings is 2. The van der Waals surface area contributed by atoms with Crippen molar-refractivity contribution in [3.05, 3.63) is 58.9 Å². The summed E-state index contributed by atoms with van der Waals surface area (Å²) in [5.41, 5.74) is 1.76. The van der Waals surface area contributed by atoms with Crippen molar-refractivity contribution in [1.82, 2.24) is 0 Å². The van der Waals surface area contributed by atoms with E-state index < -0.39 is 0 Å². The molecule has 0 aliphatic rings. The molecular weight excluding hydrogens is 245 g/mol. The van der Waals surface area contributed by atoms with Crippen molar-refractivity contribution in [2.45, 2.75) is 13.8 Å². The normalized spacial score (nSPS) is 10.3.